The molecule has 3 N–H and O–H groups in total. The number of nitrogens with two attached hydrogens (primary N) is 1. The number of carbonyl (C=O) groups excluding carboxylic acids is 1. The summed E-state index contributed by atoms with van der Waals surface area (Å²) in [6, 6.07) is 7.68. The number of benzene rings is 1. The van der Waals surface area contributed by atoms with E-state index in [1.54, 1.807) is 7.11 Å². The highest BCUT2D eigenvalue weighted by atomic mass is 35.5. The third-order valence-electron chi connectivity index (χ3n) is 3.29. The predicted molar refractivity (Wildman–Crippen MR) is 92.4 cm³/mol. The highest BCUT2D eigenvalue weighted by Crippen LogP contribution is 2.14. The summed E-state index contributed by atoms with van der Waals surface area (Å²) in [5.74, 6) is 0.803. The van der Waals surface area contributed by atoms with Gasteiger partial charge in [0.2, 0.25) is 5.91 Å². The summed E-state index contributed by atoms with van der Waals surface area (Å²) in [4.78, 5) is 13.9. The fourth-order valence-corrected chi connectivity index (χ4v) is 2.14. The standard InChI is InChI=1S/C16H27N3O2.ClH/c1-16(2,11-17)12-19(3)10-15(20)18-9-13-6-5-7-14(8-13)21-4;/h5-8H,9-12,17H2,1-4H3,(H,18,20);1H. The zero-order chi connectivity index (χ0) is 15.9. The molecule has 0 heterocycles. The minimum absolute atomic E-state index is 0. The average molecular weight is 330 g/mol. The van der Waals surface area contributed by atoms with Crippen LogP contribution in [0.1, 0.15) is 19.4 Å². The number of rotatable bonds is 8. The summed E-state index contributed by atoms with van der Waals surface area (Å²) in [7, 11) is 3.56. The number of halogens is 1. The molecular formula is C16H28ClN3O2. The topological polar surface area (TPSA) is 67.6 Å². The van der Waals surface area contributed by atoms with Crippen molar-refractivity contribution >= 4 is 18.3 Å². The van der Waals surface area contributed by atoms with Gasteiger partial charge in [0.15, 0.2) is 0 Å². The van der Waals surface area contributed by atoms with Crippen LogP contribution in [0.4, 0.5) is 0 Å². The molecule has 22 heavy (non-hydrogen) atoms. The van der Waals surface area contributed by atoms with E-state index in [1.165, 1.54) is 0 Å². The van der Waals surface area contributed by atoms with Gasteiger partial charge in [-0.05, 0) is 36.7 Å². The maximum absolute atomic E-state index is 11.9. The van der Waals surface area contributed by atoms with Crippen molar-refractivity contribution in [2.75, 3.05) is 33.8 Å². The average Bonchev–Trinajstić information content (AvgIpc) is 2.44. The molecule has 0 unspecified atom stereocenters. The molecule has 0 spiro atoms. The molecule has 0 atom stereocenters. The number of hydrogen-bond donors (Lipinski definition) is 2. The Balaban J connectivity index is 0.00000441. The van der Waals surface area contributed by atoms with E-state index >= 15 is 0 Å². The minimum Gasteiger partial charge on any atom is -0.497 e. The van der Waals surface area contributed by atoms with Crippen molar-refractivity contribution in [1.29, 1.82) is 0 Å². The number of nitrogens with one attached hydrogen (secondary N) is 1. The molecule has 1 amide bonds. The Morgan fingerprint density at radius 1 is 1.41 bits per heavy atom. The molecule has 0 aliphatic rings. The third-order valence-corrected chi connectivity index (χ3v) is 3.29. The van der Waals surface area contributed by atoms with Crippen molar-refractivity contribution in [1.82, 2.24) is 10.2 Å². The van der Waals surface area contributed by atoms with Gasteiger partial charge in [-0.15, -0.1) is 12.4 Å². The maximum atomic E-state index is 11.9. The molecule has 0 fully saturated rings. The van der Waals surface area contributed by atoms with Crippen LogP contribution in [0.5, 0.6) is 5.75 Å². The summed E-state index contributed by atoms with van der Waals surface area (Å²) in [6.45, 7) is 6.45. The molecule has 0 aliphatic carbocycles. The quantitative estimate of drug-likeness (QED) is 0.761. The van der Waals surface area contributed by atoms with E-state index < -0.39 is 0 Å². The van der Waals surface area contributed by atoms with Gasteiger partial charge >= 0.3 is 0 Å². The molecule has 0 saturated carbocycles. The third kappa shape index (κ3) is 7.64. The van der Waals surface area contributed by atoms with Crippen LogP contribution in [0, 0.1) is 5.41 Å². The molecule has 0 radical (unpaired) electrons. The van der Waals surface area contributed by atoms with Gasteiger partial charge in [-0.25, -0.2) is 0 Å². The molecule has 0 bridgehead atoms. The van der Waals surface area contributed by atoms with Gasteiger partial charge in [0.25, 0.3) is 0 Å². The molecule has 1 aromatic carbocycles. The van der Waals surface area contributed by atoms with Crippen LogP contribution in [-0.2, 0) is 11.3 Å². The van der Waals surface area contributed by atoms with Gasteiger partial charge in [-0.2, -0.15) is 0 Å². The number of methoxy groups -OCH3 is 1. The van der Waals surface area contributed by atoms with E-state index in [-0.39, 0.29) is 23.7 Å². The summed E-state index contributed by atoms with van der Waals surface area (Å²) in [6.07, 6.45) is 0. The summed E-state index contributed by atoms with van der Waals surface area (Å²) < 4.78 is 5.16. The summed E-state index contributed by atoms with van der Waals surface area (Å²) in [5, 5.41) is 2.92. The van der Waals surface area contributed by atoms with Crippen molar-refractivity contribution in [3.8, 4) is 5.75 Å². The second kappa shape index (κ2) is 9.66. The minimum atomic E-state index is 0. The summed E-state index contributed by atoms with van der Waals surface area (Å²) >= 11 is 0. The second-order valence-corrected chi connectivity index (χ2v) is 6.17. The first-order valence-corrected chi connectivity index (χ1v) is 7.14. The van der Waals surface area contributed by atoms with E-state index in [0.717, 1.165) is 17.9 Å². The molecule has 1 rings (SSSR count). The Bertz CT molecular complexity index is 466. The maximum Gasteiger partial charge on any atom is 0.234 e. The zero-order valence-corrected chi connectivity index (χ0v) is 14.7. The first-order chi connectivity index (χ1) is 9.86. The zero-order valence-electron chi connectivity index (χ0n) is 13.9. The summed E-state index contributed by atoms with van der Waals surface area (Å²) in [5.41, 5.74) is 6.74. The van der Waals surface area contributed by atoms with Crippen molar-refractivity contribution < 1.29 is 9.53 Å². The monoisotopic (exact) mass is 329 g/mol. The fourth-order valence-electron chi connectivity index (χ4n) is 2.14. The number of nitrogens with zero attached hydrogens (tertiary/aromatic N) is 1. The van der Waals surface area contributed by atoms with E-state index in [0.29, 0.717) is 19.6 Å². The lowest BCUT2D eigenvalue weighted by molar-refractivity contribution is -0.122. The van der Waals surface area contributed by atoms with Crippen molar-refractivity contribution in [3.63, 3.8) is 0 Å². The molecule has 0 saturated heterocycles. The fraction of sp³-hybridized carbons (Fsp3) is 0.562. The van der Waals surface area contributed by atoms with Crippen LogP contribution in [-0.4, -0.2) is 44.6 Å². The normalized spacial score (nSPS) is 11.0. The van der Waals surface area contributed by atoms with Crippen LogP contribution in [0.3, 0.4) is 0 Å². The van der Waals surface area contributed by atoms with Crippen molar-refractivity contribution in [2.45, 2.75) is 20.4 Å². The second-order valence-electron chi connectivity index (χ2n) is 6.17. The van der Waals surface area contributed by atoms with Crippen LogP contribution in [0.25, 0.3) is 0 Å². The molecule has 126 valence electrons. The lowest BCUT2D eigenvalue weighted by Crippen LogP contribution is -2.41. The number of hydrogen-bond acceptors (Lipinski definition) is 4. The highest BCUT2D eigenvalue weighted by molar-refractivity contribution is 5.85. The number of carbonyl (C=O) groups is 1. The lowest BCUT2D eigenvalue weighted by atomic mass is 9.93. The van der Waals surface area contributed by atoms with E-state index in [2.05, 4.69) is 19.2 Å². The van der Waals surface area contributed by atoms with Crippen LogP contribution in [0.2, 0.25) is 0 Å². The Morgan fingerprint density at radius 3 is 2.68 bits per heavy atom. The van der Waals surface area contributed by atoms with Crippen LogP contribution < -0.4 is 15.8 Å². The van der Waals surface area contributed by atoms with Crippen LogP contribution in [0.15, 0.2) is 24.3 Å². The molecular weight excluding hydrogens is 302 g/mol. The SMILES string of the molecule is COc1cccc(CNC(=O)CN(C)CC(C)(C)CN)c1.Cl. The molecule has 0 aliphatic heterocycles. The van der Waals surface area contributed by atoms with Crippen molar-refractivity contribution in [3.05, 3.63) is 29.8 Å². The van der Waals surface area contributed by atoms with E-state index in [4.69, 9.17) is 10.5 Å². The largest absolute Gasteiger partial charge is 0.497 e. The number of likely N-dealkylation sites (N-methyl/N-ethyl adjacent to an activating group) is 1. The van der Waals surface area contributed by atoms with Gasteiger partial charge < -0.3 is 15.8 Å². The Hall–Kier alpha value is -1.30. The van der Waals surface area contributed by atoms with Crippen molar-refractivity contribution in [2.24, 2.45) is 11.1 Å². The molecule has 6 heteroatoms. The van der Waals surface area contributed by atoms with E-state index in [1.807, 2.05) is 36.2 Å². The van der Waals surface area contributed by atoms with E-state index in [9.17, 15) is 4.79 Å². The first-order valence-electron chi connectivity index (χ1n) is 7.14. The highest BCUT2D eigenvalue weighted by Gasteiger charge is 2.19. The van der Waals surface area contributed by atoms with Gasteiger partial charge in [0.1, 0.15) is 5.75 Å². The van der Waals surface area contributed by atoms with Gasteiger partial charge in [0, 0.05) is 13.1 Å². The number of amides is 1. The predicted octanol–water partition coefficient (Wildman–Crippen LogP) is 1.65. The number of ether oxygens (including phenoxy) is 1. The Morgan fingerprint density at radius 2 is 2.09 bits per heavy atom. The lowest BCUT2D eigenvalue weighted by Gasteiger charge is -2.28. The Labute approximate surface area is 139 Å². The van der Waals surface area contributed by atoms with Crippen LogP contribution >= 0.6 is 12.4 Å². The molecule has 5 nitrogen and oxygen atoms in total. The Kier molecular flexibility index (Phi) is 9.09. The molecule has 0 aromatic heterocycles. The molecule has 1 aromatic rings. The van der Waals surface area contributed by atoms with Gasteiger partial charge in [-0.1, -0.05) is 26.0 Å². The van der Waals surface area contributed by atoms with Gasteiger partial charge in [-0.3, -0.25) is 9.69 Å². The smallest absolute Gasteiger partial charge is 0.234 e. The first kappa shape index (κ1) is 20.7. The van der Waals surface area contributed by atoms with Gasteiger partial charge in [0.05, 0.1) is 13.7 Å².